The lowest BCUT2D eigenvalue weighted by atomic mass is 10.1. The van der Waals surface area contributed by atoms with Crippen LogP contribution in [0.3, 0.4) is 0 Å². The summed E-state index contributed by atoms with van der Waals surface area (Å²) in [6, 6.07) is 23.8. The quantitative estimate of drug-likeness (QED) is 0.245. The number of rotatable bonds is 8. The zero-order chi connectivity index (χ0) is 29.1. The minimum Gasteiger partial charge on any atom is -0.481 e. The van der Waals surface area contributed by atoms with Crippen molar-refractivity contribution in [2.45, 2.75) is 13.0 Å². The summed E-state index contributed by atoms with van der Waals surface area (Å²) in [7, 11) is 0. The van der Waals surface area contributed by atoms with Gasteiger partial charge in [0.15, 0.2) is 11.5 Å². The van der Waals surface area contributed by atoms with Crippen molar-refractivity contribution in [2.24, 2.45) is 0 Å². The molecule has 0 aliphatic carbocycles. The monoisotopic (exact) mass is 555 g/mol. The zero-order valence-electron chi connectivity index (χ0n) is 22.3. The number of pyridine rings is 3. The second-order valence-electron chi connectivity index (χ2n) is 9.64. The number of anilines is 1. The number of hydrogen-bond acceptors (Lipinski definition) is 7. The normalized spacial score (nSPS) is 11.0. The van der Waals surface area contributed by atoms with Gasteiger partial charge in [0, 0.05) is 53.7 Å². The van der Waals surface area contributed by atoms with Crippen LogP contribution in [-0.4, -0.2) is 41.5 Å². The maximum Gasteiger partial charge on any atom is 0.307 e. The molecule has 4 aromatic heterocycles. The number of nitrogens with one attached hydrogen (secondary N) is 1. The molecule has 10 heteroatoms. The van der Waals surface area contributed by atoms with Crippen molar-refractivity contribution >= 4 is 28.9 Å². The number of hydrogen-bond donors (Lipinski definition) is 3. The van der Waals surface area contributed by atoms with Gasteiger partial charge >= 0.3 is 5.97 Å². The number of carbonyl (C=O) groups excluding carboxylic acids is 1. The third-order valence-corrected chi connectivity index (χ3v) is 6.76. The highest BCUT2D eigenvalue weighted by Crippen LogP contribution is 2.32. The van der Waals surface area contributed by atoms with Crippen LogP contribution in [0.25, 0.3) is 39.4 Å². The summed E-state index contributed by atoms with van der Waals surface area (Å²) in [5.41, 5.74) is 12.8. The lowest BCUT2D eigenvalue weighted by Crippen LogP contribution is -2.23. The lowest BCUT2D eigenvalue weighted by Gasteiger charge is -2.12. The number of carboxylic acid groups (broad SMARTS) is 1. The summed E-state index contributed by atoms with van der Waals surface area (Å²) in [6.07, 6.45) is 6.80. The van der Waals surface area contributed by atoms with Gasteiger partial charge in [0.25, 0.3) is 5.91 Å². The zero-order valence-corrected chi connectivity index (χ0v) is 22.3. The second-order valence-corrected chi connectivity index (χ2v) is 9.64. The molecule has 4 N–H and O–H groups in total. The Labute approximate surface area is 240 Å². The van der Waals surface area contributed by atoms with Crippen molar-refractivity contribution in [1.29, 1.82) is 0 Å². The Balaban J connectivity index is 1.30. The fraction of sp³-hybridized carbons (Fsp3) is 0.0625. The number of nitrogen functional groups attached to an aromatic ring is 1. The van der Waals surface area contributed by atoms with Gasteiger partial charge in [-0.1, -0.05) is 30.3 Å². The molecule has 0 radical (unpaired) electrons. The molecule has 1 amide bonds. The van der Waals surface area contributed by atoms with E-state index in [-0.39, 0.29) is 12.3 Å². The Morgan fingerprint density at radius 2 is 1.69 bits per heavy atom. The van der Waals surface area contributed by atoms with Gasteiger partial charge in [-0.2, -0.15) is 0 Å². The van der Waals surface area contributed by atoms with Gasteiger partial charge in [-0.3, -0.25) is 19.1 Å². The SMILES string of the molecule is Nc1ncccc1-c1nc2cc(-c3cccnc3)cnc2n1-c1ccc(CNC(=O)c2cccc(CC(=O)O)c2)cc1. The minimum atomic E-state index is -0.947. The Kier molecular flexibility index (Phi) is 7.08. The van der Waals surface area contributed by atoms with E-state index < -0.39 is 5.97 Å². The molecule has 0 atom stereocenters. The molecule has 10 nitrogen and oxygen atoms in total. The number of nitrogens with two attached hydrogens (primary N) is 1. The van der Waals surface area contributed by atoms with Crippen LogP contribution in [0.1, 0.15) is 21.5 Å². The molecule has 206 valence electrons. The van der Waals surface area contributed by atoms with Gasteiger partial charge in [-0.05, 0) is 59.7 Å². The number of aliphatic carboxylic acids is 1. The molecule has 0 aliphatic heterocycles. The maximum absolute atomic E-state index is 12.7. The fourth-order valence-electron chi connectivity index (χ4n) is 4.73. The number of nitrogens with zero attached hydrogens (tertiary/aromatic N) is 5. The van der Waals surface area contributed by atoms with Crippen LogP contribution >= 0.6 is 0 Å². The topological polar surface area (TPSA) is 149 Å². The predicted molar refractivity (Wildman–Crippen MR) is 159 cm³/mol. The van der Waals surface area contributed by atoms with Crippen molar-refractivity contribution < 1.29 is 14.7 Å². The number of amides is 1. The second kappa shape index (κ2) is 11.3. The molecule has 0 spiro atoms. The number of fused-ring (bicyclic) bond motifs is 1. The van der Waals surface area contributed by atoms with Gasteiger partial charge < -0.3 is 16.2 Å². The number of benzene rings is 2. The van der Waals surface area contributed by atoms with Crippen LogP contribution in [0.15, 0.2) is 104 Å². The molecule has 6 rings (SSSR count). The van der Waals surface area contributed by atoms with Crippen LogP contribution in [0.5, 0.6) is 0 Å². The van der Waals surface area contributed by atoms with Crippen LogP contribution in [0, 0.1) is 0 Å². The highest BCUT2D eigenvalue weighted by molar-refractivity contribution is 5.94. The minimum absolute atomic E-state index is 0.141. The first-order valence-electron chi connectivity index (χ1n) is 13.1. The molecule has 2 aromatic carbocycles. The molecule has 4 heterocycles. The first-order valence-corrected chi connectivity index (χ1v) is 13.1. The molecule has 0 bridgehead atoms. The Hall–Kier alpha value is -5.90. The summed E-state index contributed by atoms with van der Waals surface area (Å²) in [5.74, 6) is -0.270. The molecule has 0 saturated heterocycles. The smallest absolute Gasteiger partial charge is 0.307 e. The molecule has 0 saturated carbocycles. The Morgan fingerprint density at radius 3 is 2.45 bits per heavy atom. The average Bonchev–Trinajstić information content (AvgIpc) is 3.39. The standard InChI is InChI=1S/C32H25N7O3/c33-29-26(7-3-13-35-29)30-38-27-16-24(23-6-2-12-34-18-23)19-36-31(27)39(30)25-10-8-20(9-11-25)17-37-32(42)22-5-1-4-21(14-22)15-28(40)41/h1-14,16,18-19H,15,17H2,(H2,33,35)(H,37,42)(H,40,41). The van der Waals surface area contributed by atoms with Gasteiger partial charge in [-0.15, -0.1) is 0 Å². The average molecular weight is 556 g/mol. The fourth-order valence-corrected chi connectivity index (χ4v) is 4.73. The molecule has 42 heavy (non-hydrogen) atoms. The van der Waals surface area contributed by atoms with E-state index in [4.69, 9.17) is 20.8 Å². The molecule has 0 fully saturated rings. The van der Waals surface area contributed by atoms with E-state index in [1.165, 1.54) is 0 Å². The van der Waals surface area contributed by atoms with Crippen molar-refractivity contribution in [3.63, 3.8) is 0 Å². The van der Waals surface area contributed by atoms with Crippen LogP contribution in [0.4, 0.5) is 5.82 Å². The molecular formula is C32H25N7O3. The van der Waals surface area contributed by atoms with Crippen LogP contribution in [-0.2, 0) is 17.8 Å². The molecular weight excluding hydrogens is 530 g/mol. The predicted octanol–water partition coefficient (Wildman–Crippen LogP) is 4.68. The van der Waals surface area contributed by atoms with E-state index in [1.54, 1.807) is 49.1 Å². The first kappa shape index (κ1) is 26.3. The van der Waals surface area contributed by atoms with Gasteiger partial charge in [-0.25, -0.2) is 15.0 Å². The molecule has 0 aliphatic rings. The van der Waals surface area contributed by atoms with E-state index >= 15 is 0 Å². The summed E-state index contributed by atoms with van der Waals surface area (Å²) < 4.78 is 1.94. The van der Waals surface area contributed by atoms with Crippen molar-refractivity contribution in [3.05, 3.63) is 120 Å². The van der Waals surface area contributed by atoms with E-state index in [2.05, 4.69) is 15.3 Å². The number of carbonyl (C=O) groups is 2. The maximum atomic E-state index is 12.7. The third-order valence-electron chi connectivity index (χ3n) is 6.76. The number of imidazole rings is 1. The highest BCUT2D eigenvalue weighted by atomic mass is 16.4. The van der Waals surface area contributed by atoms with Gasteiger partial charge in [0.1, 0.15) is 11.3 Å². The lowest BCUT2D eigenvalue weighted by molar-refractivity contribution is -0.136. The first-order chi connectivity index (χ1) is 20.5. The molecule has 0 unspecified atom stereocenters. The van der Waals surface area contributed by atoms with E-state index in [0.717, 1.165) is 22.4 Å². The largest absolute Gasteiger partial charge is 0.481 e. The Morgan fingerprint density at radius 1 is 0.857 bits per heavy atom. The molecule has 6 aromatic rings. The number of aromatic nitrogens is 5. The van der Waals surface area contributed by atoms with Crippen molar-refractivity contribution in [3.8, 4) is 28.2 Å². The van der Waals surface area contributed by atoms with Crippen LogP contribution in [0.2, 0.25) is 0 Å². The summed E-state index contributed by atoms with van der Waals surface area (Å²) in [4.78, 5) is 41.9. The van der Waals surface area contributed by atoms with Gasteiger partial charge in [0.05, 0.1) is 12.0 Å². The summed E-state index contributed by atoms with van der Waals surface area (Å²) >= 11 is 0. The summed E-state index contributed by atoms with van der Waals surface area (Å²) in [6.45, 7) is 0.294. The van der Waals surface area contributed by atoms with Crippen molar-refractivity contribution in [1.82, 2.24) is 29.8 Å². The van der Waals surface area contributed by atoms with E-state index in [9.17, 15) is 9.59 Å². The van der Waals surface area contributed by atoms with Gasteiger partial charge in [0.2, 0.25) is 0 Å². The van der Waals surface area contributed by atoms with E-state index in [1.807, 2.05) is 59.2 Å². The van der Waals surface area contributed by atoms with E-state index in [0.29, 0.717) is 46.0 Å². The van der Waals surface area contributed by atoms with Crippen molar-refractivity contribution in [2.75, 3.05) is 5.73 Å². The highest BCUT2D eigenvalue weighted by Gasteiger charge is 2.19. The summed E-state index contributed by atoms with van der Waals surface area (Å²) in [5, 5.41) is 11.9. The number of carboxylic acids is 1. The Bertz CT molecular complexity index is 1920. The third kappa shape index (κ3) is 5.41. The van der Waals surface area contributed by atoms with Crippen LogP contribution < -0.4 is 11.1 Å².